The Bertz CT molecular complexity index is 429. The van der Waals surface area contributed by atoms with Gasteiger partial charge >= 0.3 is 0 Å². The summed E-state index contributed by atoms with van der Waals surface area (Å²) in [4.78, 5) is 4.32. The van der Waals surface area contributed by atoms with E-state index in [0.29, 0.717) is 6.42 Å². The van der Waals surface area contributed by atoms with Crippen molar-refractivity contribution in [1.29, 1.82) is 0 Å². The molecule has 1 heterocycles. The van der Waals surface area contributed by atoms with Gasteiger partial charge in [-0.25, -0.2) is 4.98 Å². The van der Waals surface area contributed by atoms with Crippen molar-refractivity contribution < 1.29 is 5.11 Å². The van der Waals surface area contributed by atoms with E-state index in [1.807, 2.05) is 35.7 Å². The second-order valence-corrected chi connectivity index (χ2v) is 5.24. The summed E-state index contributed by atoms with van der Waals surface area (Å²) < 4.78 is 0.993. The maximum atomic E-state index is 9.95. The zero-order valence-corrected chi connectivity index (χ0v) is 10.9. The fourth-order valence-electron chi connectivity index (χ4n) is 1.34. The van der Waals surface area contributed by atoms with Crippen LogP contribution in [0.3, 0.4) is 0 Å². The molecule has 0 aliphatic heterocycles. The fraction of sp³-hybridized carbons (Fsp3) is 0.182. The Kier molecular flexibility index (Phi) is 3.71. The van der Waals surface area contributed by atoms with Crippen LogP contribution in [0.1, 0.15) is 16.7 Å². The average Bonchev–Trinajstić information content (AvgIpc) is 2.65. The highest BCUT2D eigenvalue weighted by atomic mass is 127. The predicted molar refractivity (Wildman–Crippen MR) is 69.9 cm³/mol. The van der Waals surface area contributed by atoms with Gasteiger partial charge < -0.3 is 5.11 Å². The third-order valence-corrected chi connectivity index (χ3v) is 3.92. The minimum Gasteiger partial charge on any atom is -0.388 e. The first-order chi connectivity index (χ1) is 7.25. The lowest BCUT2D eigenvalue weighted by Crippen LogP contribution is -2.01. The predicted octanol–water partition coefficient (Wildman–Crippen LogP) is 3.02. The van der Waals surface area contributed by atoms with Crippen LogP contribution in [-0.4, -0.2) is 10.1 Å². The number of aromatic nitrogens is 1. The normalized spacial score (nSPS) is 12.7. The molecule has 15 heavy (non-hydrogen) atoms. The molecular formula is C11H10INOS. The lowest BCUT2D eigenvalue weighted by Gasteiger charge is -2.08. The van der Waals surface area contributed by atoms with Crippen LogP contribution in [0.4, 0.5) is 0 Å². The Labute approximate surface area is 106 Å². The van der Waals surface area contributed by atoms with Crippen molar-refractivity contribution in [2.75, 3.05) is 0 Å². The quantitative estimate of drug-likeness (QED) is 0.877. The first kappa shape index (κ1) is 11.0. The van der Waals surface area contributed by atoms with Crippen LogP contribution < -0.4 is 0 Å². The van der Waals surface area contributed by atoms with E-state index in [2.05, 4.69) is 27.6 Å². The SMILES string of the molecule is OC(Cc1nc(I)cs1)c1ccccc1. The molecule has 2 aromatic rings. The van der Waals surface area contributed by atoms with E-state index in [9.17, 15) is 5.11 Å². The number of rotatable bonds is 3. The molecule has 1 N–H and O–H groups in total. The van der Waals surface area contributed by atoms with E-state index in [-0.39, 0.29) is 0 Å². The maximum absolute atomic E-state index is 9.95. The topological polar surface area (TPSA) is 33.1 Å². The maximum Gasteiger partial charge on any atom is 0.112 e. The Balaban J connectivity index is 2.07. The Morgan fingerprint density at radius 3 is 2.67 bits per heavy atom. The van der Waals surface area contributed by atoms with E-state index in [0.717, 1.165) is 14.3 Å². The molecular weight excluding hydrogens is 321 g/mol. The molecule has 0 spiro atoms. The van der Waals surface area contributed by atoms with E-state index >= 15 is 0 Å². The highest BCUT2D eigenvalue weighted by Crippen LogP contribution is 2.20. The summed E-state index contributed by atoms with van der Waals surface area (Å²) in [5.74, 6) is 0. The molecule has 0 amide bonds. The van der Waals surface area contributed by atoms with E-state index in [4.69, 9.17) is 0 Å². The molecule has 2 rings (SSSR count). The Hall–Kier alpha value is -0.460. The van der Waals surface area contributed by atoms with Crippen molar-refractivity contribution in [2.45, 2.75) is 12.5 Å². The highest BCUT2D eigenvalue weighted by molar-refractivity contribution is 14.1. The second kappa shape index (κ2) is 5.05. The first-order valence-electron chi connectivity index (χ1n) is 4.58. The molecule has 0 radical (unpaired) electrons. The van der Waals surface area contributed by atoms with Crippen LogP contribution in [-0.2, 0) is 6.42 Å². The molecule has 1 aromatic carbocycles. The minimum atomic E-state index is -0.451. The smallest absolute Gasteiger partial charge is 0.112 e. The monoisotopic (exact) mass is 331 g/mol. The van der Waals surface area contributed by atoms with Crippen LogP contribution in [0, 0.1) is 3.70 Å². The van der Waals surface area contributed by atoms with Gasteiger partial charge in [-0.3, -0.25) is 0 Å². The molecule has 1 atom stereocenters. The van der Waals surface area contributed by atoms with Crippen molar-refractivity contribution in [3.63, 3.8) is 0 Å². The number of aliphatic hydroxyl groups excluding tert-OH is 1. The van der Waals surface area contributed by atoms with Crippen molar-refractivity contribution in [2.24, 2.45) is 0 Å². The third-order valence-electron chi connectivity index (χ3n) is 2.08. The number of hydrogen-bond acceptors (Lipinski definition) is 3. The van der Waals surface area contributed by atoms with Gasteiger partial charge in [0.1, 0.15) is 3.70 Å². The standard InChI is InChI=1S/C11H10INOS/c12-10-7-15-11(13-10)6-9(14)8-4-2-1-3-5-8/h1-5,7,9,14H,6H2. The minimum absolute atomic E-state index is 0.451. The summed E-state index contributed by atoms with van der Waals surface area (Å²) in [6.45, 7) is 0. The van der Waals surface area contributed by atoms with Crippen LogP contribution in [0.2, 0.25) is 0 Å². The summed E-state index contributed by atoms with van der Waals surface area (Å²) in [6, 6.07) is 9.68. The van der Waals surface area contributed by atoms with Gasteiger partial charge in [0.15, 0.2) is 0 Å². The summed E-state index contributed by atoms with van der Waals surface area (Å²) >= 11 is 3.77. The molecule has 1 unspecified atom stereocenters. The Morgan fingerprint density at radius 1 is 1.33 bits per heavy atom. The lowest BCUT2D eigenvalue weighted by molar-refractivity contribution is 0.178. The lowest BCUT2D eigenvalue weighted by atomic mass is 10.1. The molecule has 4 heteroatoms. The number of benzene rings is 1. The van der Waals surface area contributed by atoms with Crippen molar-refractivity contribution >= 4 is 33.9 Å². The molecule has 2 nitrogen and oxygen atoms in total. The summed E-state index contributed by atoms with van der Waals surface area (Å²) in [6.07, 6.45) is 0.144. The summed E-state index contributed by atoms with van der Waals surface area (Å²) in [5, 5.41) is 12.9. The van der Waals surface area contributed by atoms with E-state index in [1.54, 1.807) is 11.3 Å². The Morgan fingerprint density at radius 2 is 2.07 bits per heavy atom. The van der Waals surface area contributed by atoms with Crippen LogP contribution >= 0.6 is 33.9 Å². The molecule has 1 aromatic heterocycles. The molecule has 0 bridgehead atoms. The van der Waals surface area contributed by atoms with Gasteiger partial charge in [-0.1, -0.05) is 30.3 Å². The van der Waals surface area contributed by atoms with E-state index < -0.39 is 6.10 Å². The molecule has 0 saturated carbocycles. The molecule has 0 fully saturated rings. The molecule has 0 saturated heterocycles. The van der Waals surface area contributed by atoms with Gasteiger partial charge in [-0.05, 0) is 28.2 Å². The van der Waals surface area contributed by atoms with Gasteiger partial charge in [0.25, 0.3) is 0 Å². The second-order valence-electron chi connectivity index (χ2n) is 3.19. The fourth-order valence-corrected chi connectivity index (χ4v) is 2.87. The van der Waals surface area contributed by atoms with Crippen LogP contribution in [0.25, 0.3) is 0 Å². The third kappa shape index (κ3) is 2.99. The number of aliphatic hydroxyl groups is 1. The van der Waals surface area contributed by atoms with Gasteiger partial charge in [0.05, 0.1) is 11.1 Å². The zero-order valence-electron chi connectivity index (χ0n) is 7.93. The number of thiazole rings is 1. The summed E-state index contributed by atoms with van der Waals surface area (Å²) in [7, 11) is 0. The molecule has 78 valence electrons. The van der Waals surface area contributed by atoms with Crippen molar-refractivity contribution in [3.8, 4) is 0 Å². The first-order valence-corrected chi connectivity index (χ1v) is 6.54. The van der Waals surface area contributed by atoms with E-state index in [1.165, 1.54) is 0 Å². The zero-order chi connectivity index (χ0) is 10.7. The average molecular weight is 331 g/mol. The van der Waals surface area contributed by atoms with Gasteiger partial charge in [-0.15, -0.1) is 11.3 Å². The molecule has 0 aliphatic rings. The number of nitrogens with zero attached hydrogens (tertiary/aromatic N) is 1. The van der Waals surface area contributed by atoms with Gasteiger partial charge in [0.2, 0.25) is 0 Å². The number of halogens is 1. The van der Waals surface area contributed by atoms with Gasteiger partial charge in [0, 0.05) is 11.8 Å². The highest BCUT2D eigenvalue weighted by Gasteiger charge is 2.10. The van der Waals surface area contributed by atoms with Crippen LogP contribution in [0.15, 0.2) is 35.7 Å². The number of hydrogen-bond donors (Lipinski definition) is 1. The van der Waals surface area contributed by atoms with Crippen molar-refractivity contribution in [1.82, 2.24) is 4.98 Å². The van der Waals surface area contributed by atoms with Gasteiger partial charge in [-0.2, -0.15) is 0 Å². The summed E-state index contributed by atoms with van der Waals surface area (Å²) in [5.41, 5.74) is 0.947. The van der Waals surface area contributed by atoms with Crippen LogP contribution in [0.5, 0.6) is 0 Å². The largest absolute Gasteiger partial charge is 0.388 e. The molecule has 0 aliphatic carbocycles. The van der Waals surface area contributed by atoms with Crippen molar-refractivity contribution in [3.05, 3.63) is 50.0 Å².